The van der Waals surface area contributed by atoms with Gasteiger partial charge in [-0.25, -0.2) is 4.79 Å². The summed E-state index contributed by atoms with van der Waals surface area (Å²) in [5.74, 6) is -3.48. The summed E-state index contributed by atoms with van der Waals surface area (Å²) in [5.41, 5.74) is 8.84. The molecule has 4 aromatic rings. The molecule has 3 amide bonds. The number of primary amides is 1. The minimum Gasteiger partial charge on any atom is -0.449 e. The van der Waals surface area contributed by atoms with Crippen molar-refractivity contribution >= 4 is 45.5 Å². The van der Waals surface area contributed by atoms with Crippen molar-refractivity contribution in [1.29, 1.82) is 0 Å². The molecule has 2 fully saturated rings. The second kappa shape index (κ2) is 16.0. The topological polar surface area (TPSA) is 146 Å². The van der Waals surface area contributed by atoms with Crippen LogP contribution in [-0.4, -0.2) is 78.9 Å². The van der Waals surface area contributed by atoms with Crippen LogP contribution in [0.25, 0.3) is 21.8 Å². The standard InChI is InChI=1S/C20H24F3N3O3.C18H24N4O2/c1-12(2)26-10-15-8-14(5-6-16(15)24-26)17-7-4-13(3)9-25(17)18(27)19(28)29-11-20(21,22)23;1-11(2)22-10-14-8-13(5-6-15(14)20-22)16-7-4-12(3)9-21(16)18(24)17(19)23/h5-6,8,10,12-13,17H,4,7,9,11H2,1-3H3;5-6,8,10-12,16H,4,7,9H2,1-3H3,(H2,19,23). The van der Waals surface area contributed by atoms with Gasteiger partial charge in [-0.3, -0.25) is 23.7 Å². The highest BCUT2D eigenvalue weighted by Gasteiger charge is 2.38. The lowest BCUT2D eigenvalue weighted by molar-refractivity contribution is -0.190. The Bertz CT molecular complexity index is 1970. The Labute approximate surface area is 306 Å². The number of piperidine rings is 2. The van der Waals surface area contributed by atoms with E-state index in [9.17, 15) is 32.3 Å². The van der Waals surface area contributed by atoms with Gasteiger partial charge in [0, 0.05) is 48.3 Å². The molecular weight excluding hydrogens is 691 g/mol. The number of carbonyl (C=O) groups excluding carboxylic acids is 4. The van der Waals surface area contributed by atoms with Gasteiger partial charge in [-0.05, 0) is 101 Å². The zero-order chi connectivity index (χ0) is 38.8. The maximum absolute atomic E-state index is 12.6. The van der Waals surface area contributed by atoms with Crippen LogP contribution in [0.5, 0.6) is 0 Å². The lowest BCUT2D eigenvalue weighted by Gasteiger charge is -2.38. The Kier molecular flexibility index (Phi) is 11.8. The summed E-state index contributed by atoms with van der Waals surface area (Å²) in [7, 11) is 0. The van der Waals surface area contributed by atoms with E-state index in [2.05, 4.69) is 41.8 Å². The smallest absolute Gasteiger partial charge is 0.422 e. The molecule has 2 aromatic carbocycles. The van der Waals surface area contributed by atoms with Crippen LogP contribution >= 0.6 is 0 Å². The minimum atomic E-state index is -4.67. The quantitative estimate of drug-likeness (QED) is 0.184. The van der Waals surface area contributed by atoms with Gasteiger partial charge in [-0.2, -0.15) is 23.4 Å². The Hall–Kier alpha value is -4.95. The van der Waals surface area contributed by atoms with Crippen LogP contribution in [0.1, 0.15) is 103 Å². The maximum Gasteiger partial charge on any atom is 0.422 e. The highest BCUT2D eigenvalue weighted by atomic mass is 19.4. The van der Waals surface area contributed by atoms with Gasteiger partial charge in [-0.15, -0.1) is 0 Å². The van der Waals surface area contributed by atoms with Gasteiger partial charge < -0.3 is 20.3 Å². The molecule has 2 N–H and O–H groups in total. The lowest BCUT2D eigenvalue weighted by atomic mass is 9.89. The van der Waals surface area contributed by atoms with E-state index in [4.69, 9.17) is 5.73 Å². The van der Waals surface area contributed by atoms with E-state index in [1.807, 2.05) is 72.9 Å². The number of carbonyl (C=O) groups is 4. The molecular formula is C38H48F3N7O5. The zero-order valence-corrected chi connectivity index (χ0v) is 31.0. The summed E-state index contributed by atoms with van der Waals surface area (Å²) >= 11 is 0. The van der Waals surface area contributed by atoms with Crippen LogP contribution in [0.2, 0.25) is 0 Å². The largest absolute Gasteiger partial charge is 0.449 e. The summed E-state index contributed by atoms with van der Waals surface area (Å²) in [4.78, 5) is 51.1. The van der Waals surface area contributed by atoms with Crippen LogP contribution in [0, 0.1) is 11.8 Å². The lowest BCUT2D eigenvalue weighted by Crippen LogP contribution is -2.46. The number of ether oxygens (including phenoxy) is 1. The van der Waals surface area contributed by atoms with Crippen molar-refractivity contribution < 1.29 is 37.1 Å². The number of hydrogen-bond donors (Lipinski definition) is 1. The van der Waals surface area contributed by atoms with Gasteiger partial charge in [0.25, 0.3) is 0 Å². The summed E-state index contributed by atoms with van der Waals surface area (Å²) in [5, 5.41) is 11.0. The molecule has 6 rings (SSSR count). The van der Waals surface area contributed by atoms with Crippen LogP contribution in [0.15, 0.2) is 48.8 Å². The first kappa shape index (κ1) is 39.3. The molecule has 2 aliphatic rings. The average Bonchev–Trinajstić information content (AvgIpc) is 3.74. The monoisotopic (exact) mass is 739 g/mol. The van der Waals surface area contributed by atoms with E-state index in [1.54, 1.807) is 4.90 Å². The number of aromatic nitrogens is 4. The van der Waals surface area contributed by atoms with Crippen molar-refractivity contribution in [3.05, 3.63) is 59.9 Å². The van der Waals surface area contributed by atoms with Gasteiger partial charge in [0.15, 0.2) is 6.61 Å². The van der Waals surface area contributed by atoms with Crippen LogP contribution in [-0.2, 0) is 23.9 Å². The molecule has 0 radical (unpaired) electrons. The normalized spacial score (nSPS) is 20.8. The highest BCUT2D eigenvalue weighted by Crippen LogP contribution is 2.36. The second-order valence-corrected chi connectivity index (χ2v) is 14.9. The van der Waals surface area contributed by atoms with E-state index in [1.165, 1.54) is 4.90 Å². The predicted molar refractivity (Wildman–Crippen MR) is 192 cm³/mol. The molecule has 4 heterocycles. The fraction of sp³-hybridized carbons (Fsp3) is 0.526. The number of rotatable bonds is 5. The van der Waals surface area contributed by atoms with Gasteiger partial charge >= 0.3 is 29.9 Å². The van der Waals surface area contributed by atoms with Crippen molar-refractivity contribution in [2.75, 3.05) is 19.7 Å². The summed E-state index contributed by atoms with van der Waals surface area (Å²) in [6, 6.07) is 11.7. The molecule has 2 aromatic heterocycles. The minimum absolute atomic E-state index is 0.104. The van der Waals surface area contributed by atoms with Gasteiger partial charge in [0.2, 0.25) is 0 Å². The van der Waals surface area contributed by atoms with Gasteiger partial charge in [0.05, 0.1) is 23.1 Å². The first-order valence-corrected chi connectivity index (χ1v) is 18.0. The first-order valence-electron chi connectivity index (χ1n) is 18.0. The van der Waals surface area contributed by atoms with E-state index < -0.39 is 42.5 Å². The Morgan fingerprint density at radius 2 is 1.19 bits per heavy atom. The number of halogens is 3. The van der Waals surface area contributed by atoms with Crippen LogP contribution < -0.4 is 5.73 Å². The molecule has 0 spiro atoms. The SMILES string of the molecule is CC1CCC(c2ccc3nn(C(C)C)cc3c2)N(C(=O)C(=O)OCC(F)(F)F)C1.CC1CCC(c2ccc3nn(C(C)C)cc3c2)N(C(=O)C(N)=O)C1. The van der Waals surface area contributed by atoms with Crippen LogP contribution in [0.3, 0.4) is 0 Å². The van der Waals surface area contributed by atoms with Gasteiger partial charge in [-0.1, -0.05) is 26.0 Å². The highest BCUT2D eigenvalue weighted by molar-refractivity contribution is 6.34. The third-order valence-corrected chi connectivity index (χ3v) is 9.83. The Balaban J connectivity index is 0.000000208. The summed E-state index contributed by atoms with van der Waals surface area (Å²) in [6.45, 7) is 11.3. The average molecular weight is 740 g/mol. The van der Waals surface area contributed by atoms with Crippen molar-refractivity contribution in [2.45, 2.75) is 97.6 Å². The fourth-order valence-corrected chi connectivity index (χ4v) is 6.99. The van der Waals surface area contributed by atoms with Gasteiger partial charge in [0.1, 0.15) is 0 Å². The third kappa shape index (κ3) is 9.35. The number of amides is 3. The molecule has 0 bridgehead atoms. The molecule has 4 atom stereocenters. The number of hydrogen-bond acceptors (Lipinski definition) is 7. The number of nitrogens with zero attached hydrogens (tertiary/aromatic N) is 6. The number of fused-ring (bicyclic) bond motifs is 2. The molecule has 2 aliphatic heterocycles. The molecule has 4 unspecified atom stereocenters. The van der Waals surface area contributed by atoms with E-state index >= 15 is 0 Å². The van der Waals surface area contributed by atoms with E-state index in [0.29, 0.717) is 24.9 Å². The number of likely N-dealkylation sites (tertiary alicyclic amines) is 2. The molecule has 0 saturated carbocycles. The number of nitrogens with two attached hydrogens (primary N) is 1. The zero-order valence-electron chi connectivity index (χ0n) is 31.0. The molecule has 286 valence electrons. The van der Waals surface area contributed by atoms with E-state index in [-0.39, 0.29) is 24.5 Å². The maximum atomic E-state index is 12.6. The number of esters is 1. The Morgan fingerprint density at radius 3 is 1.58 bits per heavy atom. The van der Waals surface area contributed by atoms with Crippen molar-refractivity contribution in [3.63, 3.8) is 0 Å². The van der Waals surface area contributed by atoms with E-state index in [0.717, 1.165) is 52.2 Å². The number of alkyl halides is 3. The van der Waals surface area contributed by atoms with Crippen LogP contribution in [0.4, 0.5) is 13.2 Å². The molecule has 2 saturated heterocycles. The molecule has 15 heteroatoms. The molecule has 0 aliphatic carbocycles. The predicted octanol–water partition coefficient (Wildman–Crippen LogP) is 6.42. The van der Waals surface area contributed by atoms with Crippen molar-refractivity contribution in [1.82, 2.24) is 29.4 Å². The second-order valence-electron chi connectivity index (χ2n) is 14.9. The van der Waals surface area contributed by atoms with Crippen molar-refractivity contribution in [2.24, 2.45) is 17.6 Å². The van der Waals surface area contributed by atoms with Crippen molar-refractivity contribution in [3.8, 4) is 0 Å². The Morgan fingerprint density at radius 1 is 0.755 bits per heavy atom. The number of benzene rings is 2. The first-order chi connectivity index (χ1) is 24.9. The summed E-state index contributed by atoms with van der Waals surface area (Å²) < 4.78 is 44.9. The summed E-state index contributed by atoms with van der Waals surface area (Å²) in [6.07, 6.45) is 2.58. The third-order valence-electron chi connectivity index (χ3n) is 9.83. The molecule has 53 heavy (non-hydrogen) atoms. The molecule has 12 nitrogen and oxygen atoms in total. The fourth-order valence-electron chi connectivity index (χ4n) is 6.99.